The molecule has 4 nitrogen and oxygen atoms in total. The van der Waals surface area contributed by atoms with Gasteiger partial charge in [-0.1, -0.05) is 18.2 Å². The van der Waals surface area contributed by atoms with Crippen molar-refractivity contribution in [2.24, 2.45) is 0 Å². The van der Waals surface area contributed by atoms with Crippen LogP contribution in [0.3, 0.4) is 0 Å². The fourth-order valence-electron chi connectivity index (χ4n) is 1.37. The predicted octanol–water partition coefficient (Wildman–Crippen LogP) is 2.66. The molecule has 1 heterocycles. The van der Waals surface area contributed by atoms with E-state index in [0.29, 0.717) is 4.88 Å². The second-order valence-electron chi connectivity index (χ2n) is 3.37. The molecule has 0 radical (unpaired) electrons. The van der Waals surface area contributed by atoms with Crippen LogP contribution in [0.25, 0.3) is 0 Å². The molecule has 1 aromatic heterocycles. The molecule has 0 unspecified atom stereocenters. The second kappa shape index (κ2) is 4.87. The summed E-state index contributed by atoms with van der Waals surface area (Å²) in [6, 6.07) is 8.60. The van der Waals surface area contributed by atoms with E-state index >= 15 is 0 Å². The maximum Gasteiger partial charge on any atom is 0.334 e. The Kier molecular flexibility index (Phi) is 3.44. The van der Waals surface area contributed by atoms with Gasteiger partial charge in [0.1, 0.15) is 4.90 Å². The van der Waals surface area contributed by atoms with Gasteiger partial charge in [0.25, 0.3) is 5.91 Å². The Bertz CT molecular complexity index is 665. The average molecular weight is 285 g/mol. The zero-order valence-electron chi connectivity index (χ0n) is 8.96. The van der Waals surface area contributed by atoms with Crippen molar-refractivity contribution in [1.29, 1.82) is 0 Å². The first-order valence-corrected chi connectivity index (χ1v) is 7.13. The molecular weight excluding hydrogens is 277 g/mol. The summed E-state index contributed by atoms with van der Waals surface area (Å²) in [4.78, 5) is 11.6. The summed E-state index contributed by atoms with van der Waals surface area (Å²) in [7, 11) is -4.86. The van der Waals surface area contributed by atoms with Gasteiger partial charge in [-0.3, -0.25) is 4.79 Å². The van der Waals surface area contributed by atoms with Gasteiger partial charge < -0.3 is 5.32 Å². The number of amides is 1. The minimum absolute atomic E-state index is 0.0709. The molecule has 1 N–H and O–H groups in total. The van der Waals surface area contributed by atoms with E-state index in [-0.39, 0.29) is 5.69 Å². The molecule has 0 atom stereocenters. The van der Waals surface area contributed by atoms with E-state index in [4.69, 9.17) is 0 Å². The molecule has 1 aromatic carbocycles. The van der Waals surface area contributed by atoms with Crippen molar-refractivity contribution in [2.45, 2.75) is 4.90 Å². The number of nitrogens with one attached hydrogen (secondary N) is 1. The molecule has 0 fully saturated rings. The summed E-state index contributed by atoms with van der Waals surface area (Å²) in [6.07, 6.45) is 0. The van der Waals surface area contributed by atoms with Gasteiger partial charge in [0.15, 0.2) is 0 Å². The summed E-state index contributed by atoms with van der Waals surface area (Å²) in [6.45, 7) is 0. The molecule has 0 spiro atoms. The molecule has 0 saturated carbocycles. The lowest BCUT2D eigenvalue weighted by molar-refractivity contribution is 0.103. The number of benzene rings is 1. The van der Waals surface area contributed by atoms with E-state index in [1.165, 1.54) is 29.5 Å². The van der Waals surface area contributed by atoms with Crippen LogP contribution in [0.5, 0.6) is 0 Å². The number of hydrogen-bond acceptors (Lipinski definition) is 4. The first-order chi connectivity index (χ1) is 8.48. The van der Waals surface area contributed by atoms with Gasteiger partial charge in [-0.05, 0) is 23.6 Å². The molecule has 94 valence electrons. The second-order valence-corrected chi connectivity index (χ2v) is 5.63. The van der Waals surface area contributed by atoms with Crippen molar-refractivity contribution < 1.29 is 17.1 Å². The van der Waals surface area contributed by atoms with Crippen molar-refractivity contribution in [3.8, 4) is 0 Å². The highest BCUT2D eigenvalue weighted by molar-refractivity contribution is 7.86. The van der Waals surface area contributed by atoms with Crippen LogP contribution >= 0.6 is 11.3 Å². The van der Waals surface area contributed by atoms with Crippen molar-refractivity contribution in [3.63, 3.8) is 0 Å². The van der Waals surface area contributed by atoms with Crippen LogP contribution in [-0.2, 0) is 10.2 Å². The highest BCUT2D eigenvalue weighted by Crippen LogP contribution is 2.23. The van der Waals surface area contributed by atoms with Gasteiger partial charge in [-0.2, -0.15) is 8.42 Å². The molecule has 2 rings (SSSR count). The van der Waals surface area contributed by atoms with Crippen LogP contribution in [0.2, 0.25) is 0 Å². The van der Waals surface area contributed by atoms with Crippen LogP contribution in [0.4, 0.5) is 9.57 Å². The maximum atomic E-state index is 13.0. The van der Waals surface area contributed by atoms with Crippen molar-refractivity contribution in [1.82, 2.24) is 0 Å². The Hall–Kier alpha value is -1.73. The van der Waals surface area contributed by atoms with E-state index in [2.05, 4.69) is 5.32 Å². The lowest BCUT2D eigenvalue weighted by atomic mass is 10.3. The zero-order chi connectivity index (χ0) is 13.2. The minimum atomic E-state index is -4.86. The van der Waals surface area contributed by atoms with Crippen LogP contribution in [0.1, 0.15) is 9.67 Å². The summed E-state index contributed by atoms with van der Waals surface area (Å²) >= 11 is 1.21. The molecule has 18 heavy (non-hydrogen) atoms. The number of rotatable bonds is 3. The summed E-state index contributed by atoms with van der Waals surface area (Å²) in [5.74, 6) is -0.471. The summed E-state index contributed by atoms with van der Waals surface area (Å²) in [5, 5.41) is 4.09. The zero-order valence-corrected chi connectivity index (χ0v) is 10.6. The fourth-order valence-corrected chi connectivity index (χ4v) is 2.62. The molecule has 7 heteroatoms. The van der Waals surface area contributed by atoms with Gasteiger partial charge in [0, 0.05) is 0 Å². The Labute approximate surface area is 107 Å². The number of anilines is 1. The van der Waals surface area contributed by atoms with E-state index in [0.717, 1.165) is 6.07 Å². The molecular formula is C11H8FNO3S2. The average Bonchev–Trinajstić information content (AvgIpc) is 2.81. The van der Waals surface area contributed by atoms with Crippen molar-refractivity contribution in [2.75, 3.05) is 5.32 Å². The number of thiophene rings is 1. The van der Waals surface area contributed by atoms with Crippen molar-refractivity contribution >= 4 is 33.2 Å². The third-order valence-corrected chi connectivity index (χ3v) is 3.89. The lowest BCUT2D eigenvalue weighted by Crippen LogP contribution is -2.12. The molecule has 1 amide bonds. The Morgan fingerprint density at radius 1 is 1.17 bits per heavy atom. The molecule has 0 bridgehead atoms. The molecule has 0 aliphatic heterocycles. The number of hydrogen-bond donors (Lipinski definition) is 1. The lowest BCUT2D eigenvalue weighted by Gasteiger charge is -2.06. The monoisotopic (exact) mass is 285 g/mol. The Morgan fingerprint density at radius 3 is 2.50 bits per heavy atom. The topological polar surface area (TPSA) is 63.2 Å². The fraction of sp³-hybridized carbons (Fsp3) is 0. The standard InChI is InChI=1S/C11H8FNO3S2/c12-18(15,16)10-6-2-1-4-8(10)13-11(14)9-5-3-7-17-9/h1-7H,(H,13,14). The van der Waals surface area contributed by atoms with Gasteiger partial charge in [-0.25, -0.2) is 0 Å². The van der Waals surface area contributed by atoms with E-state index < -0.39 is 21.0 Å². The minimum Gasteiger partial charge on any atom is -0.320 e. The number of carbonyl (C=O) groups excluding carboxylic acids is 1. The molecule has 2 aromatic rings. The summed E-state index contributed by atoms with van der Waals surface area (Å²) in [5.41, 5.74) is -0.0709. The smallest absolute Gasteiger partial charge is 0.320 e. The van der Waals surface area contributed by atoms with Crippen molar-refractivity contribution in [3.05, 3.63) is 46.7 Å². The predicted molar refractivity (Wildman–Crippen MR) is 67.0 cm³/mol. The first kappa shape index (κ1) is 12.7. The van der Waals surface area contributed by atoms with Crippen LogP contribution in [-0.4, -0.2) is 14.3 Å². The Balaban J connectivity index is 2.33. The van der Waals surface area contributed by atoms with Gasteiger partial charge >= 0.3 is 10.2 Å². The molecule has 0 saturated heterocycles. The van der Waals surface area contributed by atoms with Gasteiger partial charge in [0.2, 0.25) is 0 Å². The maximum absolute atomic E-state index is 13.0. The first-order valence-electron chi connectivity index (χ1n) is 4.87. The Morgan fingerprint density at radius 2 is 1.89 bits per heavy atom. The molecule has 0 aliphatic carbocycles. The third-order valence-electron chi connectivity index (χ3n) is 2.14. The SMILES string of the molecule is O=C(Nc1ccccc1S(=O)(=O)F)c1cccs1. The number of halogens is 1. The summed E-state index contributed by atoms with van der Waals surface area (Å²) < 4.78 is 34.8. The van der Waals surface area contributed by atoms with Gasteiger partial charge in [-0.15, -0.1) is 15.2 Å². The highest BCUT2D eigenvalue weighted by atomic mass is 32.3. The molecule has 0 aliphatic rings. The number of carbonyl (C=O) groups is 1. The quantitative estimate of drug-likeness (QED) is 0.882. The van der Waals surface area contributed by atoms with E-state index in [1.54, 1.807) is 17.5 Å². The highest BCUT2D eigenvalue weighted by Gasteiger charge is 2.18. The van der Waals surface area contributed by atoms with Crippen LogP contribution in [0.15, 0.2) is 46.7 Å². The van der Waals surface area contributed by atoms with E-state index in [9.17, 15) is 17.1 Å². The third kappa shape index (κ3) is 2.74. The van der Waals surface area contributed by atoms with Crippen LogP contribution in [0, 0.1) is 0 Å². The van der Waals surface area contributed by atoms with Gasteiger partial charge in [0.05, 0.1) is 10.6 Å². The number of para-hydroxylation sites is 1. The van der Waals surface area contributed by atoms with Crippen LogP contribution < -0.4 is 5.32 Å². The largest absolute Gasteiger partial charge is 0.334 e. The van der Waals surface area contributed by atoms with E-state index in [1.807, 2.05) is 0 Å². The normalized spacial score (nSPS) is 11.2.